The van der Waals surface area contributed by atoms with Crippen molar-refractivity contribution in [1.82, 2.24) is 14.3 Å². The Balaban J connectivity index is 2.11. The maximum Gasteiger partial charge on any atom is 0.211 e. The molecule has 0 aliphatic carbocycles. The Kier molecular flexibility index (Phi) is 3.91. The van der Waals surface area contributed by atoms with E-state index >= 15 is 0 Å². The zero-order valence-electron chi connectivity index (χ0n) is 11.2. The number of nitrogen functional groups attached to an aromatic ring is 1. The minimum Gasteiger partial charge on any atom is -0.384 e. The predicted molar refractivity (Wildman–Crippen MR) is 74.5 cm³/mol. The molecule has 8 heteroatoms. The summed E-state index contributed by atoms with van der Waals surface area (Å²) in [5.74, 6) is 1.94. The first kappa shape index (κ1) is 14.0. The third-order valence-electron chi connectivity index (χ3n) is 3.13. The molecule has 0 unspecified atom stereocenters. The van der Waals surface area contributed by atoms with E-state index in [1.807, 2.05) is 11.8 Å². The van der Waals surface area contributed by atoms with Crippen molar-refractivity contribution in [2.24, 2.45) is 0 Å². The molecule has 19 heavy (non-hydrogen) atoms. The number of aryl methyl sites for hydroxylation is 1. The van der Waals surface area contributed by atoms with Crippen LogP contribution in [0.1, 0.15) is 12.7 Å². The SMILES string of the molecule is CCc1nc(N)cc(N2CCN(S(C)(=O)=O)CC2)n1. The van der Waals surface area contributed by atoms with Crippen molar-refractivity contribution in [3.8, 4) is 0 Å². The van der Waals surface area contributed by atoms with Crippen LogP contribution in [-0.2, 0) is 16.4 Å². The highest BCUT2D eigenvalue weighted by Gasteiger charge is 2.24. The molecule has 1 fully saturated rings. The lowest BCUT2D eigenvalue weighted by Gasteiger charge is -2.34. The lowest BCUT2D eigenvalue weighted by atomic mass is 10.3. The highest BCUT2D eigenvalue weighted by atomic mass is 32.2. The first-order chi connectivity index (χ1) is 8.90. The molecule has 2 rings (SSSR count). The smallest absolute Gasteiger partial charge is 0.211 e. The summed E-state index contributed by atoms with van der Waals surface area (Å²) in [6.45, 7) is 4.16. The second-order valence-electron chi connectivity index (χ2n) is 4.57. The zero-order valence-corrected chi connectivity index (χ0v) is 12.0. The van der Waals surface area contributed by atoms with Crippen LogP contribution in [0.4, 0.5) is 11.6 Å². The predicted octanol–water partition coefficient (Wildman–Crippen LogP) is -0.297. The van der Waals surface area contributed by atoms with Crippen molar-refractivity contribution in [2.75, 3.05) is 43.1 Å². The molecule has 106 valence electrons. The number of nitrogens with zero attached hydrogens (tertiary/aromatic N) is 4. The molecule has 0 radical (unpaired) electrons. The average Bonchev–Trinajstić information content (AvgIpc) is 2.37. The summed E-state index contributed by atoms with van der Waals surface area (Å²) in [7, 11) is -3.10. The van der Waals surface area contributed by atoms with Gasteiger partial charge in [-0.15, -0.1) is 0 Å². The summed E-state index contributed by atoms with van der Waals surface area (Å²) in [5.41, 5.74) is 5.75. The minimum absolute atomic E-state index is 0.451. The van der Waals surface area contributed by atoms with Crippen LogP contribution < -0.4 is 10.6 Å². The van der Waals surface area contributed by atoms with Gasteiger partial charge in [0.1, 0.15) is 17.5 Å². The third-order valence-corrected chi connectivity index (χ3v) is 4.43. The van der Waals surface area contributed by atoms with E-state index in [9.17, 15) is 8.42 Å². The number of rotatable bonds is 3. The van der Waals surface area contributed by atoms with Crippen LogP contribution in [0.5, 0.6) is 0 Å². The molecule has 0 aromatic carbocycles. The number of hydrogen-bond donors (Lipinski definition) is 1. The molecule has 0 bridgehead atoms. The van der Waals surface area contributed by atoms with Gasteiger partial charge < -0.3 is 10.6 Å². The van der Waals surface area contributed by atoms with Gasteiger partial charge in [-0.3, -0.25) is 0 Å². The van der Waals surface area contributed by atoms with E-state index in [2.05, 4.69) is 9.97 Å². The van der Waals surface area contributed by atoms with Crippen LogP contribution >= 0.6 is 0 Å². The Morgan fingerprint density at radius 2 is 1.89 bits per heavy atom. The van der Waals surface area contributed by atoms with Crippen LogP contribution in [-0.4, -0.2) is 55.1 Å². The number of aromatic nitrogens is 2. The molecular formula is C11H19N5O2S. The van der Waals surface area contributed by atoms with Gasteiger partial charge in [-0.05, 0) is 0 Å². The fourth-order valence-electron chi connectivity index (χ4n) is 2.07. The van der Waals surface area contributed by atoms with Gasteiger partial charge >= 0.3 is 0 Å². The molecule has 0 amide bonds. The van der Waals surface area contributed by atoms with Crippen molar-refractivity contribution in [3.63, 3.8) is 0 Å². The summed E-state index contributed by atoms with van der Waals surface area (Å²) in [6, 6.07) is 1.73. The maximum absolute atomic E-state index is 11.4. The molecule has 1 aliphatic rings. The summed E-state index contributed by atoms with van der Waals surface area (Å²) in [4.78, 5) is 10.6. The van der Waals surface area contributed by atoms with Gasteiger partial charge in [0.05, 0.1) is 6.26 Å². The first-order valence-corrected chi connectivity index (χ1v) is 8.08. The van der Waals surface area contributed by atoms with Crippen molar-refractivity contribution in [1.29, 1.82) is 0 Å². The molecule has 2 N–H and O–H groups in total. The largest absolute Gasteiger partial charge is 0.384 e. The van der Waals surface area contributed by atoms with E-state index in [4.69, 9.17) is 5.73 Å². The van der Waals surface area contributed by atoms with Crippen LogP contribution in [0.3, 0.4) is 0 Å². The maximum atomic E-state index is 11.4. The second-order valence-corrected chi connectivity index (χ2v) is 6.55. The van der Waals surface area contributed by atoms with Crippen LogP contribution in [0.25, 0.3) is 0 Å². The second kappa shape index (κ2) is 5.30. The summed E-state index contributed by atoms with van der Waals surface area (Å²) in [5, 5.41) is 0. The van der Waals surface area contributed by atoms with E-state index in [0.717, 1.165) is 12.2 Å². The van der Waals surface area contributed by atoms with E-state index in [-0.39, 0.29) is 0 Å². The van der Waals surface area contributed by atoms with Crippen molar-refractivity contribution in [2.45, 2.75) is 13.3 Å². The molecule has 1 aromatic rings. The molecule has 1 aromatic heterocycles. The number of anilines is 2. The average molecular weight is 285 g/mol. The van der Waals surface area contributed by atoms with Crippen LogP contribution in [0.2, 0.25) is 0 Å². The monoisotopic (exact) mass is 285 g/mol. The molecule has 0 spiro atoms. The number of sulfonamides is 1. The Morgan fingerprint density at radius 1 is 1.26 bits per heavy atom. The minimum atomic E-state index is -3.10. The Hall–Kier alpha value is -1.41. The lowest BCUT2D eigenvalue weighted by molar-refractivity contribution is 0.387. The van der Waals surface area contributed by atoms with Gasteiger partial charge in [0.2, 0.25) is 10.0 Å². The first-order valence-electron chi connectivity index (χ1n) is 6.23. The molecular weight excluding hydrogens is 266 g/mol. The van der Waals surface area contributed by atoms with Gasteiger partial charge in [0, 0.05) is 38.7 Å². The van der Waals surface area contributed by atoms with Gasteiger partial charge in [-0.25, -0.2) is 18.4 Å². The lowest BCUT2D eigenvalue weighted by Crippen LogP contribution is -2.48. The van der Waals surface area contributed by atoms with Gasteiger partial charge in [-0.1, -0.05) is 6.92 Å². The van der Waals surface area contributed by atoms with Crippen LogP contribution in [0.15, 0.2) is 6.07 Å². The van der Waals surface area contributed by atoms with E-state index in [1.54, 1.807) is 6.07 Å². The van der Waals surface area contributed by atoms with Crippen LogP contribution in [0, 0.1) is 0 Å². The van der Waals surface area contributed by atoms with E-state index in [1.165, 1.54) is 10.6 Å². The van der Waals surface area contributed by atoms with Crippen molar-refractivity contribution < 1.29 is 8.42 Å². The summed E-state index contributed by atoms with van der Waals surface area (Å²) < 4.78 is 24.4. The Bertz CT molecular complexity index is 552. The zero-order chi connectivity index (χ0) is 14.0. The molecule has 1 aliphatic heterocycles. The Morgan fingerprint density at radius 3 is 2.42 bits per heavy atom. The van der Waals surface area contributed by atoms with E-state index < -0.39 is 10.0 Å². The Labute approximate surface area is 113 Å². The highest BCUT2D eigenvalue weighted by Crippen LogP contribution is 2.17. The number of piperazine rings is 1. The summed E-state index contributed by atoms with van der Waals surface area (Å²) in [6.07, 6.45) is 1.96. The fourth-order valence-corrected chi connectivity index (χ4v) is 2.90. The third kappa shape index (κ3) is 3.32. The van der Waals surface area contributed by atoms with Gasteiger partial charge in [0.25, 0.3) is 0 Å². The molecule has 2 heterocycles. The topological polar surface area (TPSA) is 92.4 Å². The van der Waals surface area contributed by atoms with E-state index in [0.29, 0.717) is 37.8 Å². The van der Waals surface area contributed by atoms with Gasteiger partial charge in [0.15, 0.2) is 0 Å². The fraction of sp³-hybridized carbons (Fsp3) is 0.636. The standard InChI is InChI=1S/C11H19N5O2S/c1-3-10-13-9(12)8-11(14-10)15-4-6-16(7-5-15)19(2,17)18/h8H,3-7H2,1-2H3,(H2,12,13,14). The quantitative estimate of drug-likeness (QED) is 0.820. The van der Waals surface area contributed by atoms with Gasteiger partial charge in [-0.2, -0.15) is 4.31 Å². The van der Waals surface area contributed by atoms with Crippen molar-refractivity contribution >= 4 is 21.7 Å². The normalized spacial score (nSPS) is 17.7. The number of hydrogen-bond acceptors (Lipinski definition) is 6. The highest BCUT2D eigenvalue weighted by molar-refractivity contribution is 7.88. The van der Waals surface area contributed by atoms with Crippen molar-refractivity contribution in [3.05, 3.63) is 11.9 Å². The molecule has 1 saturated heterocycles. The molecule has 7 nitrogen and oxygen atoms in total. The molecule has 0 saturated carbocycles. The molecule has 0 atom stereocenters. The number of nitrogens with two attached hydrogens (primary N) is 1. The summed E-state index contributed by atoms with van der Waals surface area (Å²) >= 11 is 0.